The lowest BCUT2D eigenvalue weighted by Gasteiger charge is -2.25. The number of amides is 1. The van der Waals surface area contributed by atoms with E-state index >= 15 is 0 Å². The molecule has 0 aromatic carbocycles. The molecule has 0 spiro atoms. The van der Waals surface area contributed by atoms with Crippen LogP contribution < -0.4 is 5.73 Å². The Kier molecular flexibility index (Phi) is 4.93. The van der Waals surface area contributed by atoms with Crippen molar-refractivity contribution in [2.75, 3.05) is 18.8 Å². The molecule has 2 N–H and O–H groups in total. The third kappa shape index (κ3) is 4.34. The first-order chi connectivity index (χ1) is 7.90. The van der Waals surface area contributed by atoms with Crippen molar-refractivity contribution in [3.05, 3.63) is 11.1 Å². The second-order valence-electron chi connectivity index (χ2n) is 5.07. The molecule has 1 aromatic rings. The van der Waals surface area contributed by atoms with Crippen molar-refractivity contribution in [2.45, 2.75) is 27.7 Å². The third-order valence-electron chi connectivity index (χ3n) is 2.20. The number of aromatic nitrogens is 1. The average Bonchev–Trinajstić information content (AvgIpc) is 2.61. The maximum atomic E-state index is 12.2. The smallest absolute Gasteiger partial charge is 0.273 e. The van der Waals surface area contributed by atoms with Crippen LogP contribution in [0.5, 0.6) is 0 Å². The Hall–Kier alpha value is -1.10. The van der Waals surface area contributed by atoms with Crippen molar-refractivity contribution < 1.29 is 4.79 Å². The van der Waals surface area contributed by atoms with Gasteiger partial charge >= 0.3 is 0 Å². The first-order valence-corrected chi connectivity index (χ1v) is 6.78. The summed E-state index contributed by atoms with van der Waals surface area (Å²) in [5.74, 6) is 0.891. The van der Waals surface area contributed by atoms with Gasteiger partial charge in [-0.15, -0.1) is 11.3 Å². The van der Waals surface area contributed by atoms with Crippen LogP contribution in [0.2, 0.25) is 0 Å². The van der Waals surface area contributed by atoms with Gasteiger partial charge in [0.25, 0.3) is 5.91 Å². The van der Waals surface area contributed by atoms with Crippen LogP contribution in [0.15, 0.2) is 5.38 Å². The molecule has 0 radical (unpaired) electrons. The summed E-state index contributed by atoms with van der Waals surface area (Å²) in [5.41, 5.74) is 6.02. The summed E-state index contributed by atoms with van der Waals surface area (Å²) in [6, 6.07) is 0. The normalized spacial score (nSPS) is 11.2. The van der Waals surface area contributed by atoms with E-state index in [0.29, 0.717) is 22.7 Å². The number of thiazole rings is 1. The first-order valence-electron chi connectivity index (χ1n) is 5.90. The van der Waals surface area contributed by atoms with Crippen molar-refractivity contribution >= 4 is 22.4 Å². The van der Waals surface area contributed by atoms with Gasteiger partial charge in [-0.05, 0) is 11.8 Å². The second kappa shape index (κ2) is 6.00. The minimum Gasteiger partial charge on any atom is -0.375 e. The van der Waals surface area contributed by atoms with Gasteiger partial charge in [-0.1, -0.05) is 27.7 Å². The number of carbonyl (C=O) groups excluding carboxylic acids is 1. The molecular weight excluding hydrogens is 234 g/mol. The Bertz CT molecular complexity index is 364. The van der Waals surface area contributed by atoms with Gasteiger partial charge in [0.1, 0.15) is 5.69 Å². The Morgan fingerprint density at radius 1 is 1.35 bits per heavy atom. The largest absolute Gasteiger partial charge is 0.375 e. The Labute approximate surface area is 107 Å². The average molecular weight is 255 g/mol. The summed E-state index contributed by atoms with van der Waals surface area (Å²) in [4.78, 5) is 18.2. The van der Waals surface area contributed by atoms with E-state index < -0.39 is 0 Å². The van der Waals surface area contributed by atoms with Crippen molar-refractivity contribution in [2.24, 2.45) is 11.8 Å². The van der Waals surface area contributed by atoms with Gasteiger partial charge in [-0.3, -0.25) is 4.79 Å². The van der Waals surface area contributed by atoms with E-state index in [4.69, 9.17) is 5.73 Å². The highest BCUT2D eigenvalue weighted by molar-refractivity contribution is 7.13. The molecule has 0 saturated carbocycles. The van der Waals surface area contributed by atoms with Gasteiger partial charge < -0.3 is 10.6 Å². The van der Waals surface area contributed by atoms with Crippen molar-refractivity contribution in [3.63, 3.8) is 0 Å². The minimum absolute atomic E-state index is 0.0136. The summed E-state index contributed by atoms with van der Waals surface area (Å²) < 4.78 is 0. The van der Waals surface area contributed by atoms with Crippen LogP contribution in [0, 0.1) is 11.8 Å². The van der Waals surface area contributed by atoms with Crippen LogP contribution in [0.3, 0.4) is 0 Å². The fraction of sp³-hybridized carbons (Fsp3) is 0.667. The number of nitrogens with two attached hydrogens (primary N) is 1. The standard InChI is InChI=1S/C12H21N3OS/c1-8(2)5-15(6-9(3)4)11(16)10-7-17-12(13)14-10/h7-9H,5-6H2,1-4H3,(H2,13,14). The number of hydrogen-bond acceptors (Lipinski definition) is 4. The molecule has 0 aliphatic carbocycles. The summed E-state index contributed by atoms with van der Waals surface area (Å²) in [5, 5.41) is 2.17. The molecule has 1 aromatic heterocycles. The molecule has 0 saturated heterocycles. The van der Waals surface area contributed by atoms with Crippen molar-refractivity contribution in [3.8, 4) is 0 Å². The van der Waals surface area contributed by atoms with Crippen molar-refractivity contribution in [1.82, 2.24) is 9.88 Å². The Morgan fingerprint density at radius 3 is 2.24 bits per heavy atom. The number of nitrogens with zero attached hydrogens (tertiary/aromatic N) is 2. The molecule has 4 nitrogen and oxygen atoms in total. The molecule has 0 aliphatic heterocycles. The lowest BCUT2D eigenvalue weighted by molar-refractivity contribution is 0.0710. The lowest BCUT2D eigenvalue weighted by atomic mass is 10.1. The molecule has 1 rings (SSSR count). The quantitative estimate of drug-likeness (QED) is 0.879. The van der Waals surface area contributed by atoms with E-state index in [-0.39, 0.29) is 5.91 Å². The lowest BCUT2D eigenvalue weighted by Crippen LogP contribution is -2.37. The fourth-order valence-electron chi connectivity index (χ4n) is 1.67. The van der Waals surface area contributed by atoms with Crippen molar-refractivity contribution in [1.29, 1.82) is 0 Å². The van der Waals surface area contributed by atoms with Crippen LogP contribution in [0.4, 0.5) is 5.13 Å². The van der Waals surface area contributed by atoms with Gasteiger partial charge in [0.15, 0.2) is 5.13 Å². The van der Waals surface area contributed by atoms with Gasteiger partial charge in [0, 0.05) is 18.5 Å². The van der Waals surface area contributed by atoms with Gasteiger partial charge in [0.05, 0.1) is 0 Å². The summed E-state index contributed by atoms with van der Waals surface area (Å²) >= 11 is 1.31. The first kappa shape index (κ1) is 14.0. The highest BCUT2D eigenvalue weighted by Gasteiger charge is 2.20. The number of hydrogen-bond donors (Lipinski definition) is 1. The topological polar surface area (TPSA) is 59.2 Å². The van der Waals surface area contributed by atoms with Gasteiger partial charge in [-0.2, -0.15) is 0 Å². The molecule has 0 bridgehead atoms. The highest BCUT2D eigenvalue weighted by atomic mass is 32.1. The van der Waals surface area contributed by atoms with E-state index in [1.165, 1.54) is 11.3 Å². The molecule has 0 atom stereocenters. The van der Waals surface area contributed by atoms with E-state index in [1.54, 1.807) is 5.38 Å². The molecule has 17 heavy (non-hydrogen) atoms. The monoisotopic (exact) mass is 255 g/mol. The van der Waals surface area contributed by atoms with Crippen LogP contribution in [0.25, 0.3) is 0 Å². The molecule has 1 amide bonds. The zero-order chi connectivity index (χ0) is 13.0. The number of carbonyl (C=O) groups is 1. The predicted molar refractivity (Wildman–Crippen MR) is 72.1 cm³/mol. The third-order valence-corrected chi connectivity index (χ3v) is 2.87. The molecule has 96 valence electrons. The number of nitrogen functional groups attached to an aromatic ring is 1. The predicted octanol–water partition coefficient (Wildman–Crippen LogP) is 2.48. The van der Waals surface area contributed by atoms with E-state index in [2.05, 4.69) is 32.7 Å². The van der Waals surface area contributed by atoms with E-state index in [0.717, 1.165) is 13.1 Å². The van der Waals surface area contributed by atoms with Crippen LogP contribution in [-0.4, -0.2) is 28.9 Å². The zero-order valence-corrected chi connectivity index (χ0v) is 11.8. The Balaban J connectivity index is 2.78. The molecule has 0 fully saturated rings. The highest BCUT2D eigenvalue weighted by Crippen LogP contribution is 2.15. The minimum atomic E-state index is -0.0136. The number of rotatable bonds is 5. The van der Waals surface area contributed by atoms with E-state index in [9.17, 15) is 4.79 Å². The van der Waals surface area contributed by atoms with Crippen LogP contribution in [-0.2, 0) is 0 Å². The maximum absolute atomic E-state index is 12.2. The second-order valence-corrected chi connectivity index (χ2v) is 5.96. The molecule has 1 heterocycles. The fourth-order valence-corrected chi connectivity index (χ4v) is 2.21. The Morgan fingerprint density at radius 2 is 1.88 bits per heavy atom. The molecule has 0 unspecified atom stereocenters. The number of anilines is 1. The molecule has 5 heteroatoms. The molecular formula is C12H21N3OS. The van der Waals surface area contributed by atoms with Gasteiger partial charge in [-0.25, -0.2) is 4.98 Å². The maximum Gasteiger partial charge on any atom is 0.273 e. The molecule has 0 aliphatic rings. The van der Waals surface area contributed by atoms with Crippen LogP contribution >= 0.6 is 11.3 Å². The zero-order valence-electron chi connectivity index (χ0n) is 10.9. The van der Waals surface area contributed by atoms with E-state index in [1.807, 2.05) is 4.90 Å². The SMILES string of the molecule is CC(C)CN(CC(C)C)C(=O)c1csc(N)n1. The summed E-state index contributed by atoms with van der Waals surface area (Å²) in [6.45, 7) is 9.95. The van der Waals surface area contributed by atoms with Crippen LogP contribution in [0.1, 0.15) is 38.2 Å². The summed E-state index contributed by atoms with van der Waals surface area (Å²) in [6.07, 6.45) is 0. The van der Waals surface area contributed by atoms with Gasteiger partial charge in [0.2, 0.25) is 0 Å². The summed E-state index contributed by atoms with van der Waals surface area (Å²) in [7, 11) is 0.